The first-order chi connectivity index (χ1) is 28.6. The van der Waals surface area contributed by atoms with Gasteiger partial charge in [0.15, 0.2) is 0 Å². The van der Waals surface area contributed by atoms with Crippen LogP contribution in [0.3, 0.4) is 0 Å². The van der Waals surface area contributed by atoms with Gasteiger partial charge < -0.3 is 48.1 Å². The van der Waals surface area contributed by atoms with E-state index in [9.17, 15) is 0 Å². The molecule has 0 aliphatic carbocycles. The van der Waals surface area contributed by atoms with Crippen molar-refractivity contribution < 1.29 is 48.1 Å². The Morgan fingerprint density at radius 1 is 0.312 bits per heavy atom. The van der Waals surface area contributed by atoms with Gasteiger partial charge in [-0.1, -0.05) is 121 Å². The minimum absolute atomic E-state index is 0. The molecular formula is C48H66O10Rf6-6. The van der Waals surface area contributed by atoms with Gasteiger partial charge in [0.1, 0.15) is 0 Å². The Hall–Kier alpha value is -9.52. The van der Waals surface area contributed by atoms with Crippen molar-refractivity contribution in [3.05, 3.63) is 186 Å². The van der Waals surface area contributed by atoms with Gasteiger partial charge in [-0.2, -0.15) is 0 Å². The van der Waals surface area contributed by atoms with Crippen LogP contribution in [-0.4, -0.2) is 63.1 Å². The largest absolute Gasteiger partial charge is 0.569 e. The number of hydrogen-bond acceptors (Lipinski definition) is 10. The van der Waals surface area contributed by atoms with Gasteiger partial charge in [-0.25, -0.2) is 42.7 Å². The number of rotatable bonds is 28. The summed E-state index contributed by atoms with van der Waals surface area (Å²) in [5, 5.41) is 13.5. The Morgan fingerprint density at radius 3 is 0.641 bits per heavy atom. The van der Waals surface area contributed by atoms with Crippen LogP contribution in [0.1, 0.15) is 47.9 Å². The standard InChI is InChI=1S/2C23H30O4.2CH3O.6Rf/c2*1-24-19-23(20-25-2,13-15-26-17-21-9-5-3-6-10-21)14-16-27-18-22-11-7-4-8-12-22;2*1-2;;;;;;/h2*3-12H,1-2,13-20H2;2*2H,1H2;;;;;;/q2*-2;2*-1;;;;;;. The minimum Gasteiger partial charge on any atom is -0.569 e. The molecule has 10 nitrogen and oxygen atoms in total. The van der Waals surface area contributed by atoms with E-state index >= 15 is 0 Å². The van der Waals surface area contributed by atoms with E-state index in [4.69, 9.17) is 48.1 Å². The topological polar surface area (TPSA) is 114 Å². The molecule has 0 saturated heterocycles. The average molecular weight is 2410 g/mol. The maximum atomic E-state index is 6.75. The molecule has 0 unspecified atom stereocenters. The zero-order valence-corrected chi connectivity index (χ0v) is 76.9. The predicted octanol–water partition coefficient (Wildman–Crippen LogP) is 9.91. The second kappa shape index (κ2) is 43.1. The molecule has 0 heterocycles. The Morgan fingerprint density at radius 2 is 0.484 bits per heavy atom. The Labute approximate surface area is 349 Å². The Balaban J connectivity index is -0.000000224. The zero-order chi connectivity index (χ0) is 42.4. The number of aliphatic hydroxyl groups is 2. The van der Waals surface area contributed by atoms with E-state index in [0.717, 1.165) is 47.9 Å². The molecule has 0 bridgehead atoms. The summed E-state index contributed by atoms with van der Waals surface area (Å²) in [6.07, 6.45) is 3.16. The van der Waals surface area contributed by atoms with Crippen LogP contribution >= 0.6 is 0 Å². The van der Waals surface area contributed by atoms with Gasteiger partial charge in [-0.15, -0.1) is 0 Å². The van der Waals surface area contributed by atoms with Crippen LogP contribution in [0.4, 0.5) is 0 Å². The molecule has 0 amide bonds. The van der Waals surface area contributed by atoms with E-state index in [2.05, 4.69) is 91.2 Å². The first-order valence-corrected chi connectivity index (χ1v) is 19.1. The van der Waals surface area contributed by atoms with Crippen molar-refractivity contribution in [3.8, 4) is 0 Å². The number of benzene rings is 4. The summed E-state index contributed by atoms with van der Waals surface area (Å²) in [5.74, 6) is 0. The molecule has 0 radical (unpaired) electrons. The van der Waals surface area contributed by atoms with Crippen molar-refractivity contribution in [2.24, 2.45) is 10.8 Å². The van der Waals surface area contributed by atoms with Gasteiger partial charge in [0, 0.05) is 63.7 Å². The fourth-order valence-electron chi connectivity index (χ4n) is 5.99. The summed E-state index contributed by atoms with van der Waals surface area (Å²) in [6, 6.07) is 40.6. The number of aliphatic hydroxyl groups excluding tert-OH is 2. The SMILES string of the molecule is [CH2-]O.[CH2-]O.[CH2-]OCC(CCOCc1ccccc1)(CCOCc1ccccc1)CO[CH2-].[CH2-]OCC(CCOCc1ccccc1)(CCOCc1ccccc1)CO[CH2-].[Rf].[Rf].[Rf].[Rf].[Rf].[Rf]. The van der Waals surface area contributed by atoms with E-state index in [1.165, 1.54) is 0 Å². The van der Waals surface area contributed by atoms with Gasteiger partial charge in [0.05, 0.1) is 26.4 Å². The van der Waals surface area contributed by atoms with Crippen molar-refractivity contribution in [1.82, 2.24) is 0 Å². The number of hydrogen-bond donors (Lipinski definition) is 2. The molecule has 0 aliphatic heterocycles. The summed E-state index contributed by atoms with van der Waals surface area (Å²) in [5.41, 5.74) is 4.20. The fourth-order valence-corrected chi connectivity index (χ4v) is 5.99. The van der Waals surface area contributed by atoms with Gasteiger partial charge in [-0.3, -0.25) is 0 Å². The minimum atomic E-state index is -0.225. The predicted molar refractivity (Wildman–Crippen MR) is 228 cm³/mol. The van der Waals surface area contributed by atoms with E-state index in [-0.39, 0.29) is 10.8 Å². The van der Waals surface area contributed by atoms with Crippen molar-refractivity contribution in [3.63, 3.8) is 0 Å². The third kappa shape index (κ3) is 28.0. The van der Waals surface area contributed by atoms with Gasteiger partial charge in [-0.05, 0) is 47.9 Å². The van der Waals surface area contributed by atoms with Crippen molar-refractivity contribution >= 4 is 0 Å². The molecular weight excluding hydrogens is 2340 g/mol. The van der Waals surface area contributed by atoms with E-state index in [1.54, 1.807) is 0 Å². The van der Waals surface area contributed by atoms with Crippen LogP contribution < -0.4 is 0 Å². The van der Waals surface area contributed by atoms with Crippen LogP contribution in [-0.2, 0) is 64.3 Å². The molecule has 0 spiro atoms. The van der Waals surface area contributed by atoms with Crippen molar-refractivity contribution in [1.29, 1.82) is 0 Å². The monoisotopic (exact) mass is 2410 g/mol. The summed E-state index contributed by atoms with van der Waals surface area (Å²) in [4.78, 5) is 0. The molecule has 4 rings (SSSR count). The van der Waals surface area contributed by atoms with Crippen LogP contribution in [0, 0.1) is 53.5 Å². The Kier molecular flexibility index (Phi) is 44.6. The molecule has 4 aromatic rings. The Bertz CT molecular complexity index is 1240. The smallest absolute Gasteiger partial charge is 0.0716 e. The maximum absolute atomic E-state index is 6.75. The zero-order valence-electron chi connectivity index (χ0n) is 38.5. The summed E-state index contributed by atoms with van der Waals surface area (Å²) < 4.78 is 44.3. The van der Waals surface area contributed by atoms with E-state index < -0.39 is 0 Å². The molecule has 336 valence electrons. The third-order valence-electron chi connectivity index (χ3n) is 9.19. The van der Waals surface area contributed by atoms with E-state index in [0.29, 0.717) is 79.3 Å². The van der Waals surface area contributed by atoms with Gasteiger partial charge in [0.2, 0.25) is 0 Å². The second-order valence-corrected chi connectivity index (χ2v) is 13.5. The van der Waals surface area contributed by atoms with Crippen LogP contribution in [0.5, 0.6) is 0 Å². The first-order valence-electron chi connectivity index (χ1n) is 19.1. The summed E-state index contributed by atoms with van der Waals surface area (Å²) in [6.45, 7) is 6.74. The quantitative estimate of drug-likeness (QED) is 0.0421. The van der Waals surface area contributed by atoms with Crippen molar-refractivity contribution in [2.75, 3.05) is 52.9 Å². The summed E-state index contributed by atoms with van der Waals surface area (Å²) >= 11 is 0. The fraction of sp³-hybridized carbons (Fsp3) is 0.375. The molecule has 0 atom stereocenters. The maximum Gasteiger partial charge on any atom is 0.0716 e. The molecule has 0 aromatic heterocycles. The second-order valence-electron chi connectivity index (χ2n) is 13.5. The molecule has 64 heavy (non-hydrogen) atoms. The first kappa shape index (κ1) is 66.3. The molecule has 0 fully saturated rings. The van der Waals surface area contributed by atoms with Crippen LogP contribution in [0.25, 0.3) is 0 Å². The molecule has 2 N–H and O–H groups in total. The number of ether oxygens (including phenoxy) is 8. The van der Waals surface area contributed by atoms with Crippen molar-refractivity contribution in [2.45, 2.75) is 52.1 Å². The summed E-state index contributed by atoms with van der Waals surface area (Å²) in [7, 11) is 18.7. The van der Waals surface area contributed by atoms with E-state index in [1.807, 2.05) is 72.8 Å². The molecule has 4 aromatic carbocycles. The van der Waals surface area contributed by atoms with Gasteiger partial charge in [0.25, 0.3) is 0 Å². The van der Waals surface area contributed by atoms with Gasteiger partial charge >= 0.3 is 0 Å². The molecule has 0 aliphatic rings. The molecule has 0 saturated carbocycles. The molecule has 16 heteroatoms. The van der Waals surface area contributed by atoms with Crippen LogP contribution in [0.15, 0.2) is 121 Å². The normalized spacial score (nSPS) is 10.0. The average Bonchev–Trinajstić information content (AvgIpc) is 3.28. The van der Waals surface area contributed by atoms with Crippen LogP contribution in [0.2, 0.25) is 0 Å². The third-order valence-corrected chi connectivity index (χ3v) is 9.19.